The van der Waals surface area contributed by atoms with Crippen molar-refractivity contribution in [2.75, 3.05) is 0 Å². The van der Waals surface area contributed by atoms with Gasteiger partial charge in [0, 0.05) is 22.3 Å². The van der Waals surface area contributed by atoms with Crippen LogP contribution in [0, 0.1) is 12.3 Å². The zero-order chi connectivity index (χ0) is 10.7. The van der Waals surface area contributed by atoms with Gasteiger partial charge in [0.05, 0.1) is 6.20 Å². The first kappa shape index (κ1) is 9.82. The van der Waals surface area contributed by atoms with E-state index >= 15 is 0 Å². The fourth-order valence-corrected chi connectivity index (χ4v) is 1.62. The molecule has 2 rings (SSSR count). The van der Waals surface area contributed by atoms with E-state index in [0.717, 1.165) is 16.1 Å². The molecule has 1 aromatic carbocycles. The van der Waals surface area contributed by atoms with Gasteiger partial charge in [-0.3, -0.25) is 4.68 Å². The molecule has 74 valence electrons. The summed E-state index contributed by atoms with van der Waals surface area (Å²) in [5.74, 6) is 2.53. The number of hydrogen-bond acceptors (Lipinski definition) is 1. The highest BCUT2D eigenvalue weighted by Crippen LogP contribution is 2.26. The van der Waals surface area contributed by atoms with Crippen LogP contribution in [0.3, 0.4) is 0 Å². The quantitative estimate of drug-likeness (QED) is 0.706. The van der Waals surface area contributed by atoms with Crippen LogP contribution in [0.15, 0.2) is 36.7 Å². The van der Waals surface area contributed by atoms with Crippen molar-refractivity contribution in [3.8, 4) is 23.5 Å². The average molecular weight is 217 g/mol. The van der Waals surface area contributed by atoms with Crippen LogP contribution in [0.5, 0.6) is 0 Å². The fraction of sp³-hybridized carbons (Fsp3) is 0.0833. The Hall–Kier alpha value is -1.72. The molecule has 0 saturated heterocycles. The van der Waals surface area contributed by atoms with E-state index in [9.17, 15) is 0 Å². The lowest BCUT2D eigenvalue weighted by molar-refractivity contribution is 0.716. The summed E-state index contributed by atoms with van der Waals surface area (Å²) in [4.78, 5) is 0. The van der Waals surface area contributed by atoms with E-state index in [4.69, 9.17) is 18.0 Å². The van der Waals surface area contributed by atoms with Crippen molar-refractivity contribution in [2.24, 2.45) is 0 Å². The van der Waals surface area contributed by atoms with Crippen LogP contribution in [0.2, 0.25) is 5.02 Å². The zero-order valence-electron chi connectivity index (χ0n) is 8.02. The molecule has 0 N–H and O–H groups in total. The molecule has 3 heteroatoms. The Balaban J connectivity index is 2.38. The molecule has 0 bridgehead atoms. The summed E-state index contributed by atoms with van der Waals surface area (Å²) in [5.41, 5.74) is 1.96. The van der Waals surface area contributed by atoms with Crippen LogP contribution in [-0.4, -0.2) is 9.78 Å². The van der Waals surface area contributed by atoms with Crippen molar-refractivity contribution in [1.82, 2.24) is 9.78 Å². The largest absolute Gasteiger partial charge is 0.260 e. The molecule has 1 aromatic heterocycles. The van der Waals surface area contributed by atoms with E-state index in [0.29, 0.717) is 6.54 Å². The van der Waals surface area contributed by atoms with Gasteiger partial charge in [-0.1, -0.05) is 35.7 Å². The highest BCUT2D eigenvalue weighted by Gasteiger charge is 2.04. The Morgan fingerprint density at radius 1 is 1.40 bits per heavy atom. The summed E-state index contributed by atoms with van der Waals surface area (Å²) in [6, 6.07) is 7.66. The van der Waals surface area contributed by atoms with Crippen LogP contribution < -0.4 is 0 Å². The summed E-state index contributed by atoms with van der Waals surface area (Å²) in [6.07, 6.45) is 8.85. The average Bonchev–Trinajstić information content (AvgIpc) is 2.68. The van der Waals surface area contributed by atoms with Gasteiger partial charge in [0.2, 0.25) is 0 Å². The van der Waals surface area contributed by atoms with Gasteiger partial charge >= 0.3 is 0 Å². The molecule has 0 amide bonds. The molecule has 2 aromatic rings. The number of aromatic nitrogens is 2. The predicted molar refractivity (Wildman–Crippen MR) is 61.5 cm³/mol. The minimum absolute atomic E-state index is 0.477. The Labute approximate surface area is 93.5 Å². The van der Waals surface area contributed by atoms with Gasteiger partial charge < -0.3 is 0 Å². The number of halogens is 1. The molecule has 0 saturated carbocycles. The molecular weight excluding hydrogens is 208 g/mol. The number of nitrogens with zero attached hydrogens (tertiary/aromatic N) is 2. The van der Waals surface area contributed by atoms with Crippen molar-refractivity contribution in [3.63, 3.8) is 0 Å². The third-order valence-corrected chi connectivity index (χ3v) is 2.40. The molecule has 0 spiro atoms. The monoisotopic (exact) mass is 216 g/mol. The molecule has 1 heterocycles. The first-order valence-corrected chi connectivity index (χ1v) is 4.90. The lowest BCUT2D eigenvalue weighted by Gasteiger charge is -1.99. The standard InChI is InChI=1S/C12H9ClN2/c1-2-7-15-9-10(8-14-15)11-5-3-4-6-12(11)13/h1,3-6,8-9H,7H2. The summed E-state index contributed by atoms with van der Waals surface area (Å²) in [6.45, 7) is 0.477. The Morgan fingerprint density at radius 2 is 2.20 bits per heavy atom. The van der Waals surface area contributed by atoms with Gasteiger partial charge in [-0.15, -0.1) is 6.42 Å². The van der Waals surface area contributed by atoms with E-state index in [1.807, 2.05) is 30.5 Å². The molecule has 0 aliphatic rings. The summed E-state index contributed by atoms with van der Waals surface area (Å²) < 4.78 is 1.71. The number of hydrogen-bond donors (Lipinski definition) is 0. The first-order chi connectivity index (χ1) is 7.31. The maximum Gasteiger partial charge on any atom is 0.101 e. The van der Waals surface area contributed by atoms with Crippen molar-refractivity contribution in [3.05, 3.63) is 41.7 Å². The zero-order valence-corrected chi connectivity index (χ0v) is 8.78. The molecule has 0 fully saturated rings. The molecule has 0 aliphatic carbocycles. The molecule has 15 heavy (non-hydrogen) atoms. The van der Waals surface area contributed by atoms with Gasteiger partial charge in [0.25, 0.3) is 0 Å². The Morgan fingerprint density at radius 3 is 2.93 bits per heavy atom. The van der Waals surface area contributed by atoms with Crippen molar-refractivity contribution in [1.29, 1.82) is 0 Å². The van der Waals surface area contributed by atoms with E-state index in [1.54, 1.807) is 10.9 Å². The Kier molecular flexibility index (Phi) is 2.75. The highest BCUT2D eigenvalue weighted by atomic mass is 35.5. The summed E-state index contributed by atoms with van der Waals surface area (Å²) in [5, 5.41) is 4.86. The second kappa shape index (κ2) is 4.20. The molecule has 0 atom stereocenters. The van der Waals surface area contributed by atoms with Crippen LogP contribution >= 0.6 is 11.6 Å². The van der Waals surface area contributed by atoms with Crippen molar-refractivity contribution in [2.45, 2.75) is 6.54 Å². The fourth-order valence-electron chi connectivity index (χ4n) is 1.38. The maximum atomic E-state index is 6.07. The van der Waals surface area contributed by atoms with Gasteiger partial charge in [0.1, 0.15) is 6.54 Å². The van der Waals surface area contributed by atoms with E-state index < -0.39 is 0 Å². The normalized spacial score (nSPS) is 9.87. The van der Waals surface area contributed by atoms with E-state index in [2.05, 4.69) is 11.0 Å². The second-order valence-corrected chi connectivity index (χ2v) is 3.52. The number of benzene rings is 1. The topological polar surface area (TPSA) is 17.8 Å². The lowest BCUT2D eigenvalue weighted by atomic mass is 10.1. The van der Waals surface area contributed by atoms with Gasteiger partial charge in [-0.25, -0.2) is 0 Å². The predicted octanol–water partition coefficient (Wildman–Crippen LogP) is 2.84. The van der Waals surface area contributed by atoms with Crippen LogP contribution in [0.25, 0.3) is 11.1 Å². The minimum Gasteiger partial charge on any atom is -0.260 e. The molecule has 0 aliphatic heterocycles. The van der Waals surface area contributed by atoms with Gasteiger partial charge in [-0.05, 0) is 6.07 Å². The molecule has 0 unspecified atom stereocenters. The third-order valence-electron chi connectivity index (χ3n) is 2.07. The van der Waals surface area contributed by atoms with Gasteiger partial charge in [0.15, 0.2) is 0 Å². The smallest absolute Gasteiger partial charge is 0.101 e. The van der Waals surface area contributed by atoms with Crippen molar-refractivity contribution >= 4 is 11.6 Å². The summed E-state index contributed by atoms with van der Waals surface area (Å²) in [7, 11) is 0. The minimum atomic E-state index is 0.477. The third kappa shape index (κ3) is 2.03. The molecular formula is C12H9ClN2. The maximum absolute atomic E-state index is 6.07. The highest BCUT2D eigenvalue weighted by molar-refractivity contribution is 6.33. The number of rotatable bonds is 2. The van der Waals surface area contributed by atoms with Crippen molar-refractivity contribution < 1.29 is 0 Å². The van der Waals surface area contributed by atoms with Crippen LogP contribution in [0.4, 0.5) is 0 Å². The second-order valence-electron chi connectivity index (χ2n) is 3.11. The Bertz CT molecular complexity index is 508. The molecule has 2 nitrogen and oxygen atoms in total. The van der Waals surface area contributed by atoms with E-state index in [-0.39, 0.29) is 0 Å². The van der Waals surface area contributed by atoms with Gasteiger partial charge in [-0.2, -0.15) is 5.10 Å². The lowest BCUT2D eigenvalue weighted by Crippen LogP contribution is -1.93. The van der Waals surface area contributed by atoms with E-state index in [1.165, 1.54) is 0 Å². The molecule has 0 radical (unpaired) electrons. The first-order valence-electron chi connectivity index (χ1n) is 4.52. The van der Waals surface area contributed by atoms with Crippen LogP contribution in [0.1, 0.15) is 0 Å². The van der Waals surface area contributed by atoms with Crippen LogP contribution in [-0.2, 0) is 6.54 Å². The SMILES string of the molecule is C#CCn1cc(-c2ccccc2Cl)cn1. The summed E-state index contributed by atoms with van der Waals surface area (Å²) >= 11 is 6.07. The number of terminal acetylenes is 1.